The molecule has 0 bridgehead atoms. The maximum Gasteiger partial charge on any atom is 0.0332 e. The molecule has 2 unspecified atom stereocenters. The van der Waals surface area contributed by atoms with Crippen LogP contribution in [0.1, 0.15) is 44.9 Å². The van der Waals surface area contributed by atoms with Crippen molar-refractivity contribution in [1.82, 2.24) is 15.1 Å². The largest absolute Gasteiger partial charge is 0.373 e. The zero-order valence-corrected chi connectivity index (χ0v) is 14.1. The number of hydrogen-bond donors (Lipinski definition) is 2. The highest BCUT2D eigenvalue weighted by Crippen LogP contribution is 2.31. The molecule has 1 saturated carbocycles. The molecular weight excluding hydrogens is 272 g/mol. The van der Waals surface area contributed by atoms with E-state index in [1.807, 2.05) is 0 Å². The third kappa shape index (κ3) is 4.03. The predicted molar refractivity (Wildman–Crippen MR) is 92.7 cm³/mol. The van der Waals surface area contributed by atoms with Crippen molar-refractivity contribution < 1.29 is 0 Å². The first kappa shape index (κ1) is 16.3. The molecule has 0 radical (unpaired) electrons. The predicted octanol–water partition coefficient (Wildman–Crippen LogP) is 1.78. The molecule has 0 spiro atoms. The highest BCUT2D eigenvalue weighted by atomic mass is 15.3. The zero-order valence-electron chi connectivity index (χ0n) is 14.1. The number of likely N-dealkylation sites (tertiary alicyclic amines) is 1. The Labute approximate surface area is 136 Å². The Hall–Kier alpha value is -0.580. The molecule has 3 fully saturated rings. The molecule has 2 saturated heterocycles. The minimum Gasteiger partial charge on any atom is -0.373 e. The molecule has 2 heterocycles. The topological polar surface area (TPSA) is 44.5 Å². The zero-order chi connectivity index (χ0) is 15.4. The number of hydrogen-bond acceptors (Lipinski definition) is 4. The molecule has 3 aliphatic rings. The highest BCUT2D eigenvalue weighted by molar-refractivity contribution is 4.96. The minimum atomic E-state index is 0.476. The van der Waals surface area contributed by atoms with Crippen LogP contribution in [-0.2, 0) is 0 Å². The van der Waals surface area contributed by atoms with Crippen molar-refractivity contribution in [2.75, 3.05) is 32.7 Å². The SMILES string of the molecule is C=CN1CC(N2CCNCC2)CC1CCC1CCC(N)CC1. The second-order valence-electron chi connectivity index (χ2n) is 7.57. The number of nitrogens with zero attached hydrogens (tertiary/aromatic N) is 2. The molecule has 126 valence electrons. The van der Waals surface area contributed by atoms with E-state index in [1.165, 1.54) is 64.6 Å². The van der Waals surface area contributed by atoms with Gasteiger partial charge in [-0.15, -0.1) is 0 Å². The van der Waals surface area contributed by atoms with Gasteiger partial charge in [0.2, 0.25) is 0 Å². The van der Waals surface area contributed by atoms with E-state index in [-0.39, 0.29) is 0 Å². The standard InChI is InChI=1S/C18H34N4/c1-2-21-14-18(22-11-9-20-10-12-22)13-17(21)8-5-15-3-6-16(19)7-4-15/h2,15-18,20H,1,3-14,19H2. The molecule has 0 aromatic carbocycles. The fraction of sp³-hybridized carbons (Fsp3) is 0.889. The van der Waals surface area contributed by atoms with Crippen molar-refractivity contribution in [3.05, 3.63) is 12.8 Å². The summed E-state index contributed by atoms with van der Waals surface area (Å²) in [6.07, 6.45) is 11.3. The van der Waals surface area contributed by atoms with Gasteiger partial charge in [-0.1, -0.05) is 6.58 Å². The molecular formula is C18H34N4. The smallest absolute Gasteiger partial charge is 0.0332 e. The van der Waals surface area contributed by atoms with Crippen molar-refractivity contribution in [2.45, 2.75) is 63.1 Å². The van der Waals surface area contributed by atoms with Crippen molar-refractivity contribution in [3.63, 3.8) is 0 Å². The number of nitrogens with one attached hydrogen (secondary N) is 1. The molecule has 3 rings (SSSR count). The summed E-state index contributed by atoms with van der Waals surface area (Å²) >= 11 is 0. The summed E-state index contributed by atoms with van der Waals surface area (Å²) in [7, 11) is 0. The second-order valence-corrected chi connectivity index (χ2v) is 7.57. The summed E-state index contributed by atoms with van der Waals surface area (Å²) in [5.74, 6) is 0.921. The number of piperazine rings is 1. The summed E-state index contributed by atoms with van der Waals surface area (Å²) in [5, 5.41) is 3.46. The molecule has 22 heavy (non-hydrogen) atoms. The first-order valence-corrected chi connectivity index (χ1v) is 9.35. The van der Waals surface area contributed by atoms with Gasteiger partial charge in [0.25, 0.3) is 0 Å². The molecule has 1 aliphatic carbocycles. The van der Waals surface area contributed by atoms with Crippen LogP contribution in [0.5, 0.6) is 0 Å². The Morgan fingerprint density at radius 2 is 1.82 bits per heavy atom. The van der Waals surface area contributed by atoms with E-state index in [4.69, 9.17) is 5.73 Å². The van der Waals surface area contributed by atoms with Crippen LogP contribution >= 0.6 is 0 Å². The fourth-order valence-corrected chi connectivity index (χ4v) is 4.64. The maximum absolute atomic E-state index is 6.03. The van der Waals surface area contributed by atoms with Crippen molar-refractivity contribution >= 4 is 0 Å². The monoisotopic (exact) mass is 306 g/mol. The lowest BCUT2D eigenvalue weighted by molar-refractivity contribution is 0.177. The van der Waals surface area contributed by atoms with Gasteiger partial charge in [0.1, 0.15) is 0 Å². The lowest BCUT2D eigenvalue weighted by Gasteiger charge is -2.32. The van der Waals surface area contributed by atoms with E-state index in [1.54, 1.807) is 0 Å². The lowest BCUT2D eigenvalue weighted by Crippen LogP contribution is -2.49. The molecule has 0 amide bonds. The molecule has 3 N–H and O–H groups in total. The Kier molecular flexibility index (Phi) is 5.77. The van der Waals surface area contributed by atoms with E-state index >= 15 is 0 Å². The Balaban J connectivity index is 1.46. The third-order valence-corrected chi connectivity index (χ3v) is 6.14. The van der Waals surface area contributed by atoms with Gasteiger partial charge in [0, 0.05) is 50.8 Å². The number of nitrogens with two attached hydrogens (primary N) is 1. The molecule has 4 heteroatoms. The van der Waals surface area contributed by atoms with Gasteiger partial charge >= 0.3 is 0 Å². The maximum atomic E-state index is 6.03. The highest BCUT2D eigenvalue weighted by Gasteiger charge is 2.34. The molecule has 0 aromatic heterocycles. The van der Waals surface area contributed by atoms with Gasteiger partial charge in [-0.25, -0.2) is 0 Å². The van der Waals surface area contributed by atoms with Crippen molar-refractivity contribution in [2.24, 2.45) is 11.7 Å². The van der Waals surface area contributed by atoms with Gasteiger partial charge in [0.05, 0.1) is 0 Å². The normalized spacial score (nSPS) is 37.4. The van der Waals surface area contributed by atoms with Crippen LogP contribution in [0.4, 0.5) is 0 Å². The van der Waals surface area contributed by atoms with Crippen LogP contribution in [0.3, 0.4) is 0 Å². The van der Waals surface area contributed by atoms with Crippen LogP contribution in [0, 0.1) is 5.92 Å². The van der Waals surface area contributed by atoms with Crippen LogP contribution in [0.15, 0.2) is 12.8 Å². The second kappa shape index (κ2) is 7.80. The van der Waals surface area contributed by atoms with Crippen LogP contribution in [0.25, 0.3) is 0 Å². The molecule has 2 aliphatic heterocycles. The van der Waals surface area contributed by atoms with Gasteiger partial charge in [-0.2, -0.15) is 0 Å². The quantitative estimate of drug-likeness (QED) is 0.813. The molecule has 4 nitrogen and oxygen atoms in total. The van der Waals surface area contributed by atoms with E-state index in [0.29, 0.717) is 12.1 Å². The van der Waals surface area contributed by atoms with Crippen molar-refractivity contribution in [3.8, 4) is 0 Å². The van der Waals surface area contributed by atoms with Gasteiger partial charge in [0.15, 0.2) is 0 Å². The van der Waals surface area contributed by atoms with Crippen LogP contribution in [-0.4, -0.2) is 60.6 Å². The number of rotatable bonds is 5. The Bertz CT molecular complexity index is 345. The summed E-state index contributed by atoms with van der Waals surface area (Å²) in [6.45, 7) is 9.96. The van der Waals surface area contributed by atoms with E-state index in [2.05, 4.69) is 27.9 Å². The van der Waals surface area contributed by atoms with Gasteiger partial charge < -0.3 is 16.0 Å². The fourth-order valence-electron chi connectivity index (χ4n) is 4.64. The molecule has 2 atom stereocenters. The summed E-state index contributed by atoms with van der Waals surface area (Å²) in [4.78, 5) is 5.20. The van der Waals surface area contributed by atoms with Crippen molar-refractivity contribution in [1.29, 1.82) is 0 Å². The minimum absolute atomic E-state index is 0.476. The van der Waals surface area contributed by atoms with Crippen LogP contribution in [0.2, 0.25) is 0 Å². The average Bonchev–Trinajstić information content (AvgIpc) is 2.98. The van der Waals surface area contributed by atoms with Gasteiger partial charge in [-0.3, -0.25) is 4.90 Å². The first-order valence-electron chi connectivity index (χ1n) is 9.35. The third-order valence-electron chi connectivity index (χ3n) is 6.14. The van der Waals surface area contributed by atoms with E-state index in [9.17, 15) is 0 Å². The van der Waals surface area contributed by atoms with E-state index < -0.39 is 0 Å². The lowest BCUT2D eigenvalue weighted by atomic mass is 9.83. The summed E-state index contributed by atoms with van der Waals surface area (Å²) in [6, 6.07) is 1.93. The van der Waals surface area contributed by atoms with Crippen LogP contribution < -0.4 is 11.1 Å². The Morgan fingerprint density at radius 1 is 1.09 bits per heavy atom. The van der Waals surface area contributed by atoms with E-state index in [0.717, 1.165) is 25.0 Å². The van der Waals surface area contributed by atoms with Gasteiger partial charge in [-0.05, 0) is 57.1 Å². The first-order chi connectivity index (χ1) is 10.8. The Morgan fingerprint density at radius 3 is 2.50 bits per heavy atom. The summed E-state index contributed by atoms with van der Waals surface area (Å²) in [5.41, 5.74) is 6.03. The summed E-state index contributed by atoms with van der Waals surface area (Å²) < 4.78 is 0. The molecule has 0 aromatic rings. The average molecular weight is 306 g/mol.